The van der Waals surface area contributed by atoms with Crippen LogP contribution in [0.1, 0.15) is 75.2 Å². The summed E-state index contributed by atoms with van der Waals surface area (Å²) in [6.45, 7) is 6.48. The minimum Gasteiger partial charge on any atom is -0.478 e. The van der Waals surface area contributed by atoms with Gasteiger partial charge in [0.2, 0.25) is 0 Å². The molecule has 4 heteroatoms. The Morgan fingerprint density at radius 3 is 2.59 bits per heavy atom. The highest BCUT2D eigenvalue weighted by Gasteiger charge is 2.47. The number of aliphatic hydroxyl groups is 1. The molecule has 2 aliphatic rings. The summed E-state index contributed by atoms with van der Waals surface area (Å²) in [6.07, 6.45) is 11.9. The maximum Gasteiger partial charge on any atom is 0.335 e. The number of ether oxygens (including phenoxy) is 1. The Morgan fingerprint density at radius 1 is 1.24 bits per heavy atom. The highest BCUT2D eigenvalue weighted by molar-refractivity contribution is 5.87. The van der Waals surface area contributed by atoms with Crippen molar-refractivity contribution in [2.45, 2.75) is 84.0 Å². The highest BCUT2D eigenvalue weighted by atomic mass is 16.5. The van der Waals surface area contributed by atoms with Crippen molar-refractivity contribution in [3.05, 3.63) is 47.5 Å². The van der Waals surface area contributed by atoms with Crippen LogP contribution < -0.4 is 0 Å². The highest BCUT2D eigenvalue weighted by Crippen LogP contribution is 2.46. The van der Waals surface area contributed by atoms with Gasteiger partial charge in [0.05, 0.1) is 23.9 Å². The summed E-state index contributed by atoms with van der Waals surface area (Å²) in [5, 5.41) is 19.8. The van der Waals surface area contributed by atoms with Gasteiger partial charge < -0.3 is 14.9 Å². The molecule has 2 N–H and O–H groups in total. The van der Waals surface area contributed by atoms with Crippen LogP contribution in [0.2, 0.25) is 0 Å². The molecule has 160 valence electrons. The maximum atomic E-state index is 11.0. The van der Waals surface area contributed by atoms with Gasteiger partial charge in [-0.15, -0.1) is 0 Å². The summed E-state index contributed by atoms with van der Waals surface area (Å²) in [6, 6.07) is 7.20. The van der Waals surface area contributed by atoms with Crippen LogP contribution in [0.5, 0.6) is 0 Å². The number of carboxylic acid groups (broad SMARTS) is 1. The first-order valence-electron chi connectivity index (χ1n) is 11.2. The average molecular weight is 401 g/mol. The van der Waals surface area contributed by atoms with Crippen LogP contribution in [-0.4, -0.2) is 34.5 Å². The number of carboxylic acids is 1. The number of hydrogen-bond acceptors (Lipinski definition) is 3. The van der Waals surface area contributed by atoms with Crippen LogP contribution in [0.15, 0.2) is 36.4 Å². The van der Waals surface area contributed by atoms with E-state index in [1.165, 1.54) is 5.56 Å². The Labute approximate surface area is 175 Å². The zero-order valence-corrected chi connectivity index (χ0v) is 18.0. The fourth-order valence-corrected chi connectivity index (χ4v) is 4.88. The molecule has 4 nitrogen and oxygen atoms in total. The van der Waals surface area contributed by atoms with Gasteiger partial charge in [-0.25, -0.2) is 4.79 Å². The number of benzene rings is 1. The topological polar surface area (TPSA) is 66.8 Å². The lowest BCUT2D eigenvalue weighted by Crippen LogP contribution is -2.29. The summed E-state index contributed by atoms with van der Waals surface area (Å²) < 4.78 is 6.21. The summed E-state index contributed by atoms with van der Waals surface area (Å²) >= 11 is 0. The molecule has 29 heavy (non-hydrogen) atoms. The second-order valence-corrected chi connectivity index (χ2v) is 9.49. The van der Waals surface area contributed by atoms with E-state index in [1.807, 2.05) is 18.2 Å². The first-order chi connectivity index (χ1) is 13.8. The van der Waals surface area contributed by atoms with E-state index in [9.17, 15) is 9.90 Å². The van der Waals surface area contributed by atoms with Crippen molar-refractivity contribution in [2.24, 2.45) is 17.3 Å². The Kier molecular flexibility index (Phi) is 7.18. The average Bonchev–Trinajstić information content (AvgIpc) is 3.30. The van der Waals surface area contributed by atoms with E-state index in [-0.39, 0.29) is 11.5 Å². The molecule has 1 unspecified atom stereocenters. The van der Waals surface area contributed by atoms with Gasteiger partial charge in [0.25, 0.3) is 0 Å². The van der Waals surface area contributed by atoms with Gasteiger partial charge in [-0.1, -0.05) is 57.9 Å². The van der Waals surface area contributed by atoms with Crippen LogP contribution in [0.3, 0.4) is 0 Å². The minimum absolute atomic E-state index is 0.105. The second-order valence-electron chi connectivity index (χ2n) is 9.49. The monoisotopic (exact) mass is 400 g/mol. The number of aryl methyl sites for hydroxylation is 1. The van der Waals surface area contributed by atoms with Crippen LogP contribution in [0, 0.1) is 17.3 Å². The summed E-state index contributed by atoms with van der Waals surface area (Å²) in [4.78, 5) is 11.0. The van der Waals surface area contributed by atoms with Crippen LogP contribution in [0.25, 0.3) is 0 Å². The van der Waals surface area contributed by atoms with E-state index in [0.717, 1.165) is 44.9 Å². The minimum atomic E-state index is -0.885. The molecule has 1 aromatic rings. The molecule has 2 bridgehead atoms. The van der Waals surface area contributed by atoms with Crippen LogP contribution >= 0.6 is 0 Å². The SMILES string of the molecule is CCCCC(C)(C)C(O)C=C[C@H]1[C@H](CCc2ccc(C(=O)O)cc2)[C@H]2CC[C@@H]1O2. The number of fused-ring (bicyclic) bond motifs is 2. The zero-order valence-electron chi connectivity index (χ0n) is 18.0. The third-order valence-electron chi connectivity index (χ3n) is 6.94. The largest absolute Gasteiger partial charge is 0.478 e. The van der Waals surface area contributed by atoms with Crippen molar-refractivity contribution >= 4 is 5.97 Å². The van der Waals surface area contributed by atoms with Crippen molar-refractivity contribution < 1.29 is 19.7 Å². The van der Waals surface area contributed by atoms with Gasteiger partial charge in [-0.2, -0.15) is 0 Å². The summed E-state index contributed by atoms with van der Waals surface area (Å²) in [5.41, 5.74) is 1.39. The molecule has 2 saturated heterocycles. The molecule has 3 rings (SSSR count). The number of hydrogen-bond donors (Lipinski definition) is 2. The molecule has 0 spiro atoms. The molecule has 0 saturated carbocycles. The lowest BCUT2D eigenvalue weighted by molar-refractivity contribution is 0.0696. The molecule has 0 aliphatic carbocycles. The molecule has 2 aliphatic heterocycles. The fraction of sp³-hybridized carbons (Fsp3) is 0.640. The lowest BCUT2D eigenvalue weighted by Gasteiger charge is -2.30. The maximum absolute atomic E-state index is 11.0. The zero-order chi connectivity index (χ0) is 21.0. The quantitative estimate of drug-likeness (QED) is 0.527. The molecule has 0 amide bonds. The normalized spacial score (nSPS) is 27.6. The van der Waals surface area contributed by atoms with Crippen molar-refractivity contribution in [3.8, 4) is 0 Å². The van der Waals surface area contributed by atoms with Gasteiger partial charge >= 0.3 is 5.97 Å². The fourth-order valence-electron chi connectivity index (χ4n) is 4.88. The standard InChI is InChI=1S/C25H36O4/c1-4-5-16-25(2,3)23(26)15-12-20-19(21-13-14-22(20)29-21)11-8-17-6-9-18(10-7-17)24(27)28/h6-7,9-10,12,15,19-23,26H,4-5,8,11,13-14,16H2,1-3H3,(H,27,28)/t19-,20-,21+,22-,23?/m0/s1. The summed E-state index contributed by atoms with van der Waals surface area (Å²) in [5.74, 6) is -0.0533. The van der Waals surface area contributed by atoms with Crippen LogP contribution in [-0.2, 0) is 11.2 Å². The number of carbonyl (C=O) groups is 1. The van der Waals surface area contributed by atoms with Crippen molar-refractivity contribution in [1.29, 1.82) is 0 Å². The Hall–Kier alpha value is -1.65. The smallest absolute Gasteiger partial charge is 0.335 e. The van der Waals surface area contributed by atoms with Gasteiger partial charge in [0.15, 0.2) is 0 Å². The van der Waals surface area contributed by atoms with Crippen molar-refractivity contribution in [1.82, 2.24) is 0 Å². The Bertz CT molecular complexity index is 706. The number of unbranched alkanes of at least 4 members (excludes halogenated alkanes) is 1. The number of aliphatic hydroxyl groups excluding tert-OH is 1. The molecular weight excluding hydrogens is 364 g/mol. The Morgan fingerprint density at radius 2 is 1.93 bits per heavy atom. The van der Waals surface area contributed by atoms with E-state index < -0.39 is 12.1 Å². The first-order valence-corrected chi connectivity index (χ1v) is 11.2. The van der Waals surface area contributed by atoms with Gasteiger partial charge in [0, 0.05) is 5.92 Å². The van der Waals surface area contributed by atoms with Crippen LogP contribution in [0.4, 0.5) is 0 Å². The van der Waals surface area contributed by atoms with Gasteiger partial charge in [-0.05, 0) is 61.1 Å². The molecular formula is C25H36O4. The van der Waals surface area contributed by atoms with E-state index in [2.05, 4.69) is 26.8 Å². The van der Waals surface area contributed by atoms with Gasteiger partial charge in [-0.3, -0.25) is 0 Å². The lowest BCUT2D eigenvalue weighted by atomic mass is 9.75. The van der Waals surface area contributed by atoms with Crippen molar-refractivity contribution in [2.75, 3.05) is 0 Å². The van der Waals surface area contributed by atoms with E-state index >= 15 is 0 Å². The third-order valence-corrected chi connectivity index (χ3v) is 6.94. The predicted molar refractivity (Wildman–Crippen MR) is 115 cm³/mol. The van der Waals surface area contributed by atoms with Crippen molar-refractivity contribution in [3.63, 3.8) is 0 Å². The van der Waals surface area contributed by atoms with E-state index in [1.54, 1.807) is 12.1 Å². The molecule has 1 aromatic carbocycles. The summed E-state index contributed by atoms with van der Waals surface area (Å²) in [7, 11) is 0. The molecule has 2 fully saturated rings. The second kappa shape index (κ2) is 9.44. The first kappa shape index (κ1) is 22.0. The molecule has 0 radical (unpaired) electrons. The molecule has 5 atom stereocenters. The van der Waals surface area contributed by atoms with Gasteiger partial charge in [0.1, 0.15) is 0 Å². The Balaban J connectivity index is 1.61. The third kappa shape index (κ3) is 5.29. The van der Waals surface area contributed by atoms with E-state index in [4.69, 9.17) is 9.84 Å². The molecule has 0 aromatic heterocycles. The number of rotatable bonds is 10. The molecule has 2 heterocycles. The number of aromatic carboxylic acids is 1. The van der Waals surface area contributed by atoms with E-state index in [0.29, 0.717) is 23.5 Å². The predicted octanol–water partition coefficient (Wildman–Crippen LogP) is 5.24.